The van der Waals surface area contributed by atoms with Crippen LogP contribution in [0.25, 0.3) is 0 Å². The summed E-state index contributed by atoms with van der Waals surface area (Å²) in [7, 11) is 0. The zero-order valence-electron chi connectivity index (χ0n) is 7.94. The Morgan fingerprint density at radius 1 is 1.57 bits per heavy atom. The zero-order valence-corrected chi connectivity index (χ0v) is 8.76. The Morgan fingerprint density at radius 2 is 2.50 bits per heavy atom. The third kappa shape index (κ3) is 2.47. The number of nitrogens with one attached hydrogen (secondary N) is 1. The lowest BCUT2D eigenvalue weighted by Crippen LogP contribution is -2.34. The SMILES string of the molecule is OC1(CSc2ccccn2)CCNC1. The molecule has 2 rings (SSSR count). The first-order valence-electron chi connectivity index (χ1n) is 4.75. The van der Waals surface area contributed by atoms with Crippen molar-refractivity contribution in [2.45, 2.75) is 17.0 Å². The predicted octanol–water partition coefficient (Wildman–Crippen LogP) is 0.898. The van der Waals surface area contributed by atoms with Crippen LogP contribution in [0.1, 0.15) is 6.42 Å². The maximum atomic E-state index is 10.0. The molecule has 1 atom stereocenters. The summed E-state index contributed by atoms with van der Waals surface area (Å²) in [5.74, 6) is 0.719. The molecule has 14 heavy (non-hydrogen) atoms. The van der Waals surface area contributed by atoms with E-state index < -0.39 is 5.60 Å². The van der Waals surface area contributed by atoms with E-state index in [1.165, 1.54) is 0 Å². The number of hydrogen-bond acceptors (Lipinski definition) is 4. The maximum absolute atomic E-state index is 10.0. The van der Waals surface area contributed by atoms with Crippen LogP contribution in [0.5, 0.6) is 0 Å². The van der Waals surface area contributed by atoms with Gasteiger partial charge in [0.2, 0.25) is 0 Å². The van der Waals surface area contributed by atoms with Crippen LogP contribution in [0.2, 0.25) is 0 Å². The molecule has 3 nitrogen and oxygen atoms in total. The van der Waals surface area contributed by atoms with Crippen LogP contribution in [-0.2, 0) is 0 Å². The van der Waals surface area contributed by atoms with Gasteiger partial charge >= 0.3 is 0 Å². The van der Waals surface area contributed by atoms with Crippen molar-refractivity contribution in [2.75, 3.05) is 18.8 Å². The number of thioether (sulfide) groups is 1. The Balaban J connectivity index is 1.88. The number of aromatic nitrogens is 1. The van der Waals surface area contributed by atoms with E-state index in [1.54, 1.807) is 18.0 Å². The van der Waals surface area contributed by atoms with Gasteiger partial charge in [-0.2, -0.15) is 0 Å². The summed E-state index contributed by atoms with van der Waals surface area (Å²) in [6.07, 6.45) is 2.62. The molecule has 1 fully saturated rings. The Hall–Kier alpha value is -0.580. The van der Waals surface area contributed by atoms with Crippen molar-refractivity contribution in [3.8, 4) is 0 Å². The van der Waals surface area contributed by atoms with E-state index in [1.807, 2.05) is 18.2 Å². The predicted molar refractivity (Wildman–Crippen MR) is 57.4 cm³/mol. The standard InChI is InChI=1S/C10H14N2OS/c13-10(4-6-11-7-10)8-14-9-3-1-2-5-12-9/h1-3,5,11,13H,4,6-8H2. The highest BCUT2D eigenvalue weighted by Crippen LogP contribution is 2.24. The molecule has 0 bridgehead atoms. The zero-order chi connectivity index (χ0) is 9.86. The summed E-state index contributed by atoms with van der Waals surface area (Å²) in [6.45, 7) is 1.62. The number of rotatable bonds is 3. The van der Waals surface area contributed by atoms with Gasteiger partial charge in [0.15, 0.2) is 0 Å². The fourth-order valence-electron chi connectivity index (χ4n) is 1.49. The van der Waals surface area contributed by atoms with E-state index in [9.17, 15) is 5.11 Å². The molecule has 1 unspecified atom stereocenters. The topological polar surface area (TPSA) is 45.2 Å². The minimum Gasteiger partial charge on any atom is -0.388 e. The second-order valence-electron chi connectivity index (χ2n) is 3.61. The Morgan fingerprint density at radius 3 is 3.14 bits per heavy atom. The molecule has 2 heterocycles. The second-order valence-corrected chi connectivity index (χ2v) is 4.60. The Labute approximate surface area is 87.9 Å². The molecular weight excluding hydrogens is 196 g/mol. The van der Waals surface area contributed by atoms with Crippen LogP contribution in [0.3, 0.4) is 0 Å². The maximum Gasteiger partial charge on any atom is 0.0960 e. The quantitative estimate of drug-likeness (QED) is 0.728. The molecule has 1 aliphatic rings. The summed E-state index contributed by atoms with van der Waals surface area (Å²) in [5.41, 5.74) is -0.539. The van der Waals surface area contributed by atoms with Crippen molar-refractivity contribution in [1.29, 1.82) is 0 Å². The van der Waals surface area contributed by atoms with E-state index in [4.69, 9.17) is 0 Å². The molecule has 0 aliphatic carbocycles. The Kier molecular flexibility index (Phi) is 3.05. The van der Waals surface area contributed by atoms with E-state index in [0.717, 1.165) is 23.7 Å². The molecule has 0 amide bonds. The van der Waals surface area contributed by atoms with Crippen molar-refractivity contribution < 1.29 is 5.11 Å². The smallest absolute Gasteiger partial charge is 0.0960 e. The average molecular weight is 210 g/mol. The van der Waals surface area contributed by atoms with Gasteiger partial charge in [0.05, 0.1) is 10.6 Å². The van der Waals surface area contributed by atoms with Crippen LogP contribution in [-0.4, -0.2) is 34.5 Å². The molecule has 2 N–H and O–H groups in total. The van der Waals surface area contributed by atoms with Gasteiger partial charge in [-0.25, -0.2) is 4.98 Å². The van der Waals surface area contributed by atoms with E-state index in [0.29, 0.717) is 6.54 Å². The number of hydrogen-bond donors (Lipinski definition) is 2. The molecular formula is C10H14N2OS. The van der Waals surface area contributed by atoms with Crippen LogP contribution < -0.4 is 5.32 Å². The molecule has 0 saturated carbocycles. The summed E-state index contributed by atoms with van der Waals surface area (Å²) >= 11 is 1.62. The highest BCUT2D eigenvalue weighted by Gasteiger charge is 2.30. The molecule has 0 spiro atoms. The lowest BCUT2D eigenvalue weighted by atomic mass is 10.1. The molecule has 1 aliphatic heterocycles. The van der Waals surface area contributed by atoms with E-state index in [2.05, 4.69) is 10.3 Å². The lowest BCUT2D eigenvalue weighted by Gasteiger charge is -2.19. The van der Waals surface area contributed by atoms with Crippen molar-refractivity contribution >= 4 is 11.8 Å². The highest BCUT2D eigenvalue weighted by atomic mass is 32.2. The van der Waals surface area contributed by atoms with Gasteiger partial charge in [-0.3, -0.25) is 0 Å². The van der Waals surface area contributed by atoms with Crippen molar-refractivity contribution in [2.24, 2.45) is 0 Å². The van der Waals surface area contributed by atoms with Crippen molar-refractivity contribution in [3.63, 3.8) is 0 Å². The average Bonchev–Trinajstić information content (AvgIpc) is 2.65. The summed E-state index contributed by atoms with van der Waals surface area (Å²) in [6, 6.07) is 5.83. The van der Waals surface area contributed by atoms with E-state index >= 15 is 0 Å². The molecule has 1 aromatic heterocycles. The lowest BCUT2D eigenvalue weighted by molar-refractivity contribution is 0.0871. The van der Waals surface area contributed by atoms with Crippen LogP contribution in [0, 0.1) is 0 Å². The number of β-amino-alcohol motifs (C(OH)–C–C–N with tert-alkyl or cyclic N) is 1. The number of pyridine rings is 1. The summed E-state index contributed by atoms with van der Waals surface area (Å²) < 4.78 is 0. The number of aliphatic hydroxyl groups is 1. The van der Waals surface area contributed by atoms with Gasteiger partial charge in [0.1, 0.15) is 0 Å². The van der Waals surface area contributed by atoms with E-state index in [-0.39, 0.29) is 0 Å². The van der Waals surface area contributed by atoms with Gasteiger partial charge in [-0.1, -0.05) is 6.07 Å². The van der Waals surface area contributed by atoms with Gasteiger partial charge in [-0.15, -0.1) is 11.8 Å². The molecule has 0 radical (unpaired) electrons. The molecule has 76 valence electrons. The van der Waals surface area contributed by atoms with Gasteiger partial charge in [0.25, 0.3) is 0 Å². The monoisotopic (exact) mass is 210 g/mol. The number of nitrogens with zero attached hydrogens (tertiary/aromatic N) is 1. The summed E-state index contributed by atoms with van der Waals surface area (Å²) in [5, 5.41) is 14.2. The highest BCUT2D eigenvalue weighted by molar-refractivity contribution is 7.99. The fourth-order valence-corrected chi connectivity index (χ4v) is 2.47. The first-order valence-corrected chi connectivity index (χ1v) is 5.74. The van der Waals surface area contributed by atoms with Gasteiger partial charge < -0.3 is 10.4 Å². The Bertz CT molecular complexity index is 285. The largest absolute Gasteiger partial charge is 0.388 e. The molecule has 4 heteroatoms. The summed E-state index contributed by atoms with van der Waals surface area (Å²) in [4.78, 5) is 4.20. The third-order valence-corrected chi connectivity index (χ3v) is 3.57. The minimum atomic E-state index is -0.539. The molecule has 1 aromatic rings. The molecule has 1 saturated heterocycles. The van der Waals surface area contributed by atoms with Crippen LogP contribution in [0.4, 0.5) is 0 Å². The van der Waals surface area contributed by atoms with Crippen LogP contribution >= 0.6 is 11.8 Å². The van der Waals surface area contributed by atoms with Crippen LogP contribution in [0.15, 0.2) is 29.4 Å². The minimum absolute atomic E-state index is 0.539. The second kappa shape index (κ2) is 4.29. The van der Waals surface area contributed by atoms with Gasteiger partial charge in [-0.05, 0) is 25.1 Å². The van der Waals surface area contributed by atoms with Gasteiger partial charge in [0, 0.05) is 18.5 Å². The fraction of sp³-hybridized carbons (Fsp3) is 0.500. The first-order chi connectivity index (χ1) is 6.79. The first kappa shape index (κ1) is 9.96. The van der Waals surface area contributed by atoms with Crippen molar-refractivity contribution in [1.82, 2.24) is 10.3 Å². The molecule has 0 aromatic carbocycles. The van der Waals surface area contributed by atoms with Crippen molar-refractivity contribution in [3.05, 3.63) is 24.4 Å². The normalized spacial score (nSPS) is 26.6. The third-order valence-electron chi connectivity index (χ3n) is 2.35.